The van der Waals surface area contributed by atoms with E-state index in [1.54, 1.807) is 0 Å². The van der Waals surface area contributed by atoms with Crippen molar-refractivity contribution in [2.24, 2.45) is 0 Å². The predicted octanol–water partition coefficient (Wildman–Crippen LogP) is 8.53. The van der Waals surface area contributed by atoms with E-state index in [0.29, 0.717) is 0 Å². The summed E-state index contributed by atoms with van der Waals surface area (Å²) < 4.78 is -0.354. The fourth-order valence-electron chi connectivity index (χ4n) is 5.58. The van der Waals surface area contributed by atoms with Gasteiger partial charge in [-0.05, 0) is 64.2 Å². The first-order chi connectivity index (χ1) is 14.9. The quantitative estimate of drug-likeness (QED) is 0.243. The highest BCUT2D eigenvalue weighted by molar-refractivity contribution is 9.27. The molecule has 2 aliphatic carbocycles. The first kappa shape index (κ1) is 17.9. The van der Waals surface area contributed by atoms with Crippen molar-refractivity contribution >= 4 is 41.2 Å². The van der Waals surface area contributed by atoms with Crippen molar-refractivity contribution in [1.82, 2.24) is 0 Å². The van der Waals surface area contributed by atoms with Crippen molar-refractivity contribution in [3.8, 4) is 22.3 Å². The van der Waals surface area contributed by atoms with Gasteiger partial charge in [0.15, 0.2) is 0 Å². The lowest BCUT2D eigenvalue weighted by Crippen LogP contribution is -2.44. The number of benzene rings is 4. The van der Waals surface area contributed by atoms with Gasteiger partial charge in [0.1, 0.15) is 9.49 Å². The van der Waals surface area contributed by atoms with E-state index in [-0.39, 0.29) is 9.49 Å². The summed E-state index contributed by atoms with van der Waals surface area (Å²) in [5.41, 5.74) is 11.3. The van der Waals surface area contributed by atoms with Crippen LogP contribution in [0, 0.1) is 0 Å². The van der Waals surface area contributed by atoms with E-state index in [4.69, 9.17) is 0 Å². The van der Waals surface area contributed by atoms with Gasteiger partial charge in [0.05, 0.1) is 0 Å². The largest absolute Gasteiger partial charge is 0.102 e. The van der Waals surface area contributed by atoms with Gasteiger partial charge in [-0.3, -0.25) is 0 Å². The van der Waals surface area contributed by atoms with Crippen LogP contribution < -0.4 is 0 Å². The fraction of sp³-hybridized carbons (Fsp3) is 0.0769. The third-order valence-electron chi connectivity index (χ3n) is 6.65. The second-order valence-corrected chi connectivity index (χ2v) is 13.9. The van der Waals surface area contributed by atoms with Crippen LogP contribution in [0.1, 0.15) is 22.3 Å². The molecule has 0 atom stereocenters. The van der Waals surface area contributed by atoms with E-state index in [2.05, 4.69) is 97.1 Å². The Morgan fingerprint density at radius 3 is 0.933 bits per heavy atom. The highest BCUT2D eigenvalue weighted by Crippen LogP contribution is 2.81. The van der Waals surface area contributed by atoms with Crippen LogP contribution in [-0.4, -0.2) is 0 Å². The molecule has 3 aliphatic rings. The van der Waals surface area contributed by atoms with Crippen LogP contribution in [0.15, 0.2) is 97.1 Å². The molecule has 1 fully saturated rings. The fourth-order valence-corrected chi connectivity index (χ4v) is 14.6. The van der Waals surface area contributed by atoms with E-state index in [0.717, 1.165) is 0 Å². The number of fused-ring (bicyclic) bond motifs is 11. The molecule has 0 N–H and O–H groups in total. The van der Waals surface area contributed by atoms with Crippen molar-refractivity contribution < 1.29 is 0 Å². The van der Waals surface area contributed by atoms with Gasteiger partial charge in [-0.1, -0.05) is 119 Å². The smallest absolute Gasteiger partial charge is 0.0628 e. The summed E-state index contributed by atoms with van der Waals surface area (Å²) >= 11 is 0. The Hall–Kier alpha value is -1.72. The van der Waals surface area contributed by atoms with Crippen molar-refractivity contribution in [3.05, 3.63) is 119 Å². The molecule has 1 saturated heterocycles. The summed E-state index contributed by atoms with van der Waals surface area (Å²) in [6.07, 6.45) is 0. The third kappa shape index (κ3) is 1.97. The zero-order valence-electron chi connectivity index (χ0n) is 15.9. The maximum atomic E-state index is 2.37. The lowest BCUT2D eigenvalue weighted by atomic mass is 9.76. The Balaban J connectivity index is 1.69. The summed E-state index contributed by atoms with van der Waals surface area (Å²) in [6, 6.07) is 36.3. The molecule has 0 unspecified atom stereocenters. The zero-order chi connectivity index (χ0) is 19.8. The molecule has 0 nitrogen and oxygen atoms in total. The molecule has 4 heteroatoms. The molecule has 7 rings (SSSR count). The van der Waals surface area contributed by atoms with Crippen LogP contribution in [0.25, 0.3) is 22.3 Å². The second-order valence-electron chi connectivity index (χ2n) is 7.85. The monoisotopic (exact) mass is 456 g/mol. The minimum absolute atomic E-state index is 0.177. The molecule has 0 bridgehead atoms. The van der Waals surface area contributed by atoms with Gasteiger partial charge in [-0.25, -0.2) is 0 Å². The Morgan fingerprint density at radius 1 is 0.367 bits per heavy atom. The molecule has 0 radical (unpaired) electrons. The molecular weight excluding hydrogens is 441 g/mol. The molecule has 4 aromatic rings. The van der Waals surface area contributed by atoms with Gasteiger partial charge >= 0.3 is 0 Å². The van der Waals surface area contributed by atoms with Crippen molar-refractivity contribution in [2.75, 3.05) is 0 Å². The van der Waals surface area contributed by atoms with Gasteiger partial charge in [0.25, 0.3) is 0 Å². The van der Waals surface area contributed by atoms with Crippen LogP contribution in [0.5, 0.6) is 0 Å². The van der Waals surface area contributed by atoms with Crippen molar-refractivity contribution in [3.63, 3.8) is 0 Å². The van der Waals surface area contributed by atoms with Crippen LogP contribution in [0.2, 0.25) is 0 Å². The number of hydrogen-bond donors (Lipinski definition) is 0. The maximum absolute atomic E-state index is 2.37. The van der Waals surface area contributed by atoms with Crippen LogP contribution in [0.3, 0.4) is 0 Å². The van der Waals surface area contributed by atoms with Gasteiger partial charge in [0.2, 0.25) is 0 Å². The van der Waals surface area contributed by atoms with E-state index in [1.165, 1.54) is 44.5 Å². The molecular formula is C26H16S4. The Morgan fingerprint density at radius 2 is 0.633 bits per heavy atom. The normalized spacial score (nSPS) is 18.7. The predicted molar refractivity (Wildman–Crippen MR) is 136 cm³/mol. The first-order valence-electron chi connectivity index (χ1n) is 9.97. The van der Waals surface area contributed by atoms with E-state index in [9.17, 15) is 0 Å². The third-order valence-corrected chi connectivity index (χ3v) is 14.3. The Bertz CT molecular complexity index is 1130. The minimum atomic E-state index is -0.177. The Kier molecular flexibility index (Phi) is 3.82. The molecule has 144 valence electrons. The van der Waals surface area contributed by atoms with Gasteiger partial charge in [0, 0.05) is 0 Å². The second kappa shape index (κ2) is 6.39. The topological polar surface area (TPSA) is 0 Å². The summed E-state index contributed by atoms with van der Waals surface area (Å²) in [5, 5.41) is 0. The average Bonchev–Trinajstić information content (AvgIpc) is 3.26. The zero-order valence-corrected chi connectivity index (χ0v) is 19.1. The number of hydrogen-bond acceptors (Lipinski definition) is 4. The molecule has 0 amide bonds. The maximum Gasteiger partial charge on any atom is 0.102 e. The van der Waals surface area contributed by atoms with E-state index < -0.39 is 0 Å². The summed E-state index contributed by atoms with van der Waals surface area (Å²) in [4.78, 5) is 0. The molecule has 30 heavy (non-hydrogen) atoms. The standard InChI is InChI=1S/C26H16S4/c1-5-13-21-17(9-1)18-10-2-6-14-22(18)25(21)26(28-30-29-27-25)23-15-7-3-11-19(23)20-12-4-8-16-24(20)26/h1-16H. The van der Waals surface area contributed by atoms with Gasteiger partial charge in [-0.2, -0.15) is 0 Å². The van der Waals surface area contributed by atoms with Crippen LogP contribution >= 0.6 is 41.2 Å². The van der Waals surface area contributed by atoms with Crippen molar-refractivity contribution in [2.45, 2.75) is 9.49 Å². The first-order valence-corrected chi connectivity index (χ1v) is 14.8. The van der Waals surface area contributed by atoms with Crippen molar-refractivity contribution in [1.29, 1.82) is 0 Å². The average molecular weight is 457 g/mol. The minimum Gasteiger partial charge on any atom is -0.0628 e. The lowest BCUT2D eigenvalue weighted by molar-refractivity contribution is 0.616. The molecule has 2 spiro atoms. The highest BCUT2D eigenvalue weighted by Gasteiger charge is 2.65. The summed E-state index contributed by atoms with van der Waals surface area (Å²) in [5.74, 6) is 0. The Labute approximate surface area is 191 Å². The lowest BCUT2D eigenvalue weighted by Gasteiger charge is -2.49. The van der Waals surface area contributed by atoms with Gasteiger partial charge < -0.3 is 0 Å². The molecule has 0 saturated carbocycles. The van der Waals surface area contributed by atoms with Crippen LogP contribution in [-0.2, 0) is 9.49 Å². The van der Waals surface area contributed by atoms with Gasteiger partial charge in [-0.15, -0.1) is 0 Å². The SMILES string of the molecule is c1ccc2c(c1)-c1ccccc1C21SSSSC12c1ccccc1-c1ccccc12. The molecule has 1 heterocycles. The van der Waals surface area contributed by atoms with Crippen LogP contribution in [0.4, 0.5) is 0 Å². The number of rotatable bonds is 0. The molecule has 1 aliphatic heterocycles. The summed E-state index contributed by atoms with van der Waals surface area (Å²) in [6.45, 7) is 0. The highest BCUT2D eigenvalue weighted by atomic mass is 33.7. The molecule has 4 aromatic carbocycles. The van der Waals surface area contributed by atoms with E-state index in [1.807, 2.05) is 41.2 Å². The summed E-state index contributed by atoms with van der Waals surface area (Å²) in [7, 11) is 7.93. The molecule has 0 aromatic heterocycles. The van der Waals surface area contributed by atoms with E-state index >= 15 is 0 Å².